The van der Waals surface area contributed by atoms with Crippen LogP contribution in [0.2, 0.25) is 0 Å². The third-order valence-electron chi connectivity index (χ3n) is 3.77. The lowest BCUT2D eigenvalue weighted by atomic mass is 10.1. The van der Waals surface area contributed by atoms with Crippen molar-refractivity contribution >= 4 is 17.2 Å². The van der Waals surface area contributed by atoms with E-state index in [0.717, 1.165) is 28.5 Å². The molecule has 0 aromatic carbocycles. The molecule has 0 aliphatic rings. The summed E-state index contributed by atoms with van der Waals surface area (Å²) in [6, 6.07) is -0.0861. The smallest absolute Gasteiger partial charge is 0.271 e. The molecule has 1 amide bonds. The minimum absolute atomic E-state index is 0.0861. The third kappa shape index (κ3) is 3.21. The molecule has 0 bridgehead atoms. The summed E-state index contributed by atoms with van der Waals surface area (Å²) >= 11 is 1.53. The molecule has 0 saturated carbocycles. The second-order valence-corrected chi connectivity index (χ2v) is 6.71. The van der Waals surface area contributed by atoms with Crippen molar-refractivity contribution in [2.75, 3.05) is 0 Å². The Morgan fingerprint density at radius 1 is 1.36 bits per heavy atom. The van der Waals surface area contributed by atoms with Crippen LogP contribution in [0.25, 0.3) is 0 Å². The van der Waals surface area contributed by atoms with Gasteiger partial charge in [-0.1, -0.05) is 13.8 Å². The number of aromatic nitrogens is 3. The monoisotopic (exact) mass is 320 g/mol. The first-order valence-corrected chi connectivity index (χ1v) is 8.53. The second kappa shape index (κ2) is 6.60. The van der Waals surface area contributed by atoms with Crippen LogP contribution >= 0.6 is 11.3 Å². The van der Waals surface area contributed by atoms with Crippen molar-refractivity contribution in [1.29, 1.82) is 0 Å². The van der Waals surface area contributed by atoms with Gasteiger partial charge in [0.25, 0.3) is 5.91 Å². The Bertz CT molecular complexity index is 672. The average molecular weight is 320 g/mol. The molecule has 0 aliphatic heterocycles. The summed E-state index contributed by atoms with van der Waals surface area (Å²) < 4.78 is 1.97. The molecule has 0 aliphatic carbocycles. The van der Waals surface area contributed by atoms with E-state index in [4.69, 9.17) is 0 Å². The van der Waals surface area contributed by atoms with E-state index < -0.39 is 0 Å². The summed E-state index contributed by atoms with van der Waals surface area (Å²) in [4.78, 5) is 16.8. The summed E-state index contributed by atoms with van der Waals surface area (Å²) in [7, 11) is 0. The highest BCUT2D eigenvalue weighted by Crippen LogP contribution is 2.23. The quantitative estimate of drug-likeness (QED) is 0.916. The summed E-state index contributed by atoms with van der Waals surface area (Å²) in [5, 5.41) is 10.4. The highest BCUT2D eigenvalue weighted by molar-refractivity contribution is 7.09. The zero-order valence-corrected chi connectivity index (χ0v) is 14.9. The lowest BCUT2D eigenvalue weighted by Crippen LogP contribution is -2.27. The van der Waals surface area contributed by atoms with Gasteiger partial charge in [0.2, 0.25) is 0 Å². The molecule has 0 radical (unpaired) electrons. The number of carbonyl (C=O) groups is 1. The maximum Gasteiger partial charge on any atom is 0.271 e. The molecule has 22 heavy (non-hydrogen) atoms. The highest BCUT2D eigenvalue weighted by atomic mass is 32.1. The molecule has 0 saturated heterocycles. The molecular weight excluding hydrogens is 296 g/mol. The Morgan fingerprint density at radius 2 is 2.05 bits per heavy atom. The molecule has 1 N–H and O–H groups in total. The molecule has 2 aromatic rings. The Balaban J connectivity index is 2.16. The predicted molar refractivity (Wildman–Crippen MR) is 89.5 cm³/mol. The number of rotatable bonds is 5. The van der Waals surface area contributed by atoms with Crippen LogP contribution < -0.4 is 5.32 Å². The number of carbonyl (C=O) groups excluding carboxylic acids is 1. The van der Waals surface area contributed by atoms with Crippen LogP contribution in [0, 0.1) is 13.8 Å². The number of aryl methyl sites for hydroxylation is 2. The van der Waals surface area contributed by atoms with Gasteiger partial charge in [0, 0.05) is 29.1 Å². The predicted octanol–water partition coefficient (Wildman–Crippen LogP) is 3.59. The summed E-state index contributed by atoms with van der Waals surface area (Å²) in [6.45, 7) is 13.1. The van der Waals surface area contributed by atoms with Crippen LogP contribution in [0.15, 0.2) is 5.38 Å². The highest BCUT2D eigenvalue weighted by Gasteiger charge is 2.20. The van der Waals surface area contributed by atoms with Gasteiger partial charge in [0.05, 0.1) is 16.7 Å². The van der Waals surface area contributed by atoms with Gasteiger partial charge in [-0.2, -0.15) is 5.10 Å². The first-order valence-electron chi connectivity index (χ1n) is 7.65. The van der Waals surface area contributed by atoms with Gasteiger partial charge in [0.1, 0.15) is 5.69 Å². The lowest BCUT2D eigenvalue weighted by molar-refractivity contribution is 0.0935. The van der Waals surface area contributed by atoms with E-state index in [1.807, 2.05) is 30.8 Å². The number of amides is 1. The fourth-order valence-electron chi connectivity index (χ4n) is 2.65. The van der Waals surface area contributed by atoms with E-state index in [2.05, 4.69) is 36.2 Å². The van der Waals surface area contributed by atoms with Crippen LogP contribution in [0.4, 0.5) is 0 Å². The van der Waals surface area contributed by atoms with E-state index >= 15 is 0 Å². The van der Waals surface area contributed by atoms with Crippen molar-refractivity contribution in [3.8, 4) is 0 Å². The van der Waals surface area contributed by atoms with Crippen LogP contribution in [0.1, 0.15) is 72.1 Å². The van der Waals surface area contributed by atoms with Crippen molar-refractivity contribution in [3.63, 3.8) is 0 Å². The maximum atomic E-state index is 12.4. The van der Waals surface area contributed by atoms with Gasteiger partial charge in [-0.05, 0) is 27.7 Å². The fraction of sp³-hybridized carbons (Fsp3) is 0.562. The van der Waals surface area contributed by atoms with Crippen molar-refractivity contribution in [3.05, 3.63) is 33.0 Å². The molecule has 1 atom stereocenters. The number of thiazole rings is 1. The van der Waals surface area contributed by atoms with Crippen LogP contribution in [0.3, 0.4) is 0 Å². The van der Waals surface area contributed by atoms with Gasteiger partial charge < -0.3 is 5.32 Å². The van der Waals surface area contributed by atoms with Gasteiger partial charge in [-0.15, -0.1) is 11.3 Å². The molecule has 2 aromatic heterocycles. The van der Waals surface area contributed by atoms with Gasteiger partial charge in [-0.25, -0.2) is 4.98 Å². The van der Waals surface area contributed by atoms with E-state index in [-0.39, 0.29) is 11.9 Å². The minimum atomic E-state index is -0.126. The fourth-order valence-corrected chi connectivity index (χ4v) is 3.46. The van der Waals surface area contributed by atoms with E-state index in [0.29, 0.717) is 11.6 Å². The van der Waals surface area contributed by atoms with Gasteiger partial charge >= 0.3 is 0 Å². The topological polar surface area (TPSA) is 59.8 Å². The molecule has 0 fully saturated rings. The standard InChI is InChI=1S/C16H24N4OS/c1-7-20-12(6)14(11(5)19-20)10(4)17-15(21)13-8-22-16(18-13)9(2)3/h8-10H,7H2,1-6H3,(H,17,21). The maximum absolute atomic E-state index is 12.4. The molecule has 2 rings (SSSR count). The Kier molecular flexibility index (Phi) is 5.01. The minimum Gasteiger partial charge on any atom is -0.344 e. The third-order valence-corrected chi connectivity index (χ3v) is 4.91. The van der Waals surface area contributed by atoms with Crippen LogP contribution in [-0.2, 0) is 6.54 Å². The molecule has 5 nitrogen and oxygen atoms in total. The summed E-state index contributed by atoms with van der Waals surface area (Å²) in [6.07, 6.45) is 0. The van der Waals surface area contributed by atoms with Crippen LogP contribution in [0.5, 0.6) is 0 Å². The SMILES string of the molecule is CCn1nc(C)c(C(C)NC(=O)c2csc(C(C)C)n2)c1C. The van der Waals surface area contributed by atoms with E-state index in [1.165, 1.54) is 11.3 Å². The first kappa shape index (κ1) is 16.7. The average Bonchev–Trinajstić information content (AvgIpc) is 3.03. The van der Waals surface area contributed by atoms with Gasteiger partial charge in [-0.3, -0.25) is 9.48 Å². The molecule has 6 heteroatoms. The van der Waals surface area contributed by atoms with Crippen molar-refractivity contribution in [2.45, 2.75) is 60.0 Å². The van der Waals surface area contributed by atoms with E-state index in [9.17, 15) is 4.79 Å². The largest absolute Gasteiger partial charge is 0.344 e. The Labute approximate surface area is 135 Å². The zero-order chi connectivity index (χ0) is 16.4. The molecule has 120 valence electrons. The van der Waals surface area contributed by atoms with Crippen molar-refractivity contribution < 1.29 is 4.79 Å². The second-order valence-electron chi connectivity index (χ2n) is 5.82. The number of nitrogens with zero attached hydrogens (tertiary/aromatic N) is 3. The lowest BCUT2D eigenvalue weighted by Gasteiger charge is -2.14. The molecule has 1 unspecified atom stereocenters. The number of nitrogens with one attached hydrogen (secondary N) is 1. The molecular formula is C16H24N4OS. The summed E-state index contributed by atoms with van der Waals surface area (Å²) in [5.74, 6) is 0.218. The molecule has 0 spiro atoms. The van der Waals surface area contributed by atoms with Gasteiger partial charge in [0.15, 0.2) is 0 Å². The van der Waals surface area contributed by atoms with Crippen molar-refractivity contribution in [1.82, 2.24) is 20.1 Å². The number of hydrogen-bond donors (Lipinski definition) is 1. The van der Waals surface area contributed by atoms with E-state index in [1.54, 1.807) is 0 Å². The first-order chi connectivity index (χ1) is 10.3. The summed E-state index contributed by atoms with van der Waals surface area (Å²) in [5.41, 5.74) is 3.66. The Hall–Kier alpha value is -1.69. The zero-order valence-electron chi connectivity index (χ0n) is 14.1. The normalized spacial score (nSPS) is 12.7. The molecule has 2 heterocycles. The Morgan fingerprint density at radius 3 is 2.55 bits per heavy atom. The number of hydrogen-bond acceptors (Lipinski definition) is 4. The van der Waals surface area contributed by atoms with Crippen molar-refractivity contribution in [2.24, 2.45) is 0 Å². The van der Waals surface area contributed by atoms with Crippen LogP contribution in [-0.4, -0.2) is 20.7 Å².